The zero-order valence-electron chi connectivity index (χ0n) is 13.5. The predicted octanol–water partition coefficient (Wildman–Crippen LogP) is 1.94. The van der Waals surface area contributed by atoms with Crippen molar-refractivity contribution >= 4 is 17.2 Å². The first-order valence-electron chi connectivity index (χ1n) is 8.13. The van der Waals surface area contributed by atoms with Gasteiger partial charge in [-0.15, -0.1) is 11.3 Å². The monoisotopic (exact) mass is 325 g/mol. The summed E-state index contributed by atoms with van der Waals surface area (Å²) in [5, 5.41) is 15.1. The second-order valence-corrected chi connectivity index (χ2v) is 7.25. The van der Waals surface area contributed by atoms with Crippen LogP contribution in [0.3, 0.4) is 0 Å². The fourth-order valence-corrected chi connectivity index (χ4v) is 3.50. The van der Waals surface area contributed by atoms with E-state index in [0.717, 1.165) is 56.0 Å². The highest BCUT2D eigenvalue weighted by Gasteiger charge is 2.25. The zero-order chi connectivity index (χ0) is 15.9. The van der Waals surface area contributed by atoms with Crippen molar-refractivity contribution in [3.8, 4) is 0 Å². The summed E-state index contributed by atoms with van der Waals surface area (Å²) in [7, 11) is 0. The molecule has 5 nitrogen and oxygen atoms in total. The molecular formula is C16H27N3O2S. The highest BCUT2D eigenvalue weighted by molar-refractivity contribution is 7.09. The Morgan fingerprint density at radius 2 is 2.27 bits per heavy atom. The molecule has 0 saturated carbocycles. The van der Waals surface area contributed by atoms with Crippen LogP contribution in [-0.4, -0.2) is 46.6 Å². The topological polar surface area (TPSA) is 65.5 Å². The molecule has 0 aliphatic carbocycles. The number of aromatic nitrogens is 1. The van der Waals surface area contributed by atoms with Crippen LogP contribution in [0.2, 0.25) is 0 Å². The van der Waals surface area contributed by atoms with Gasteiger partial charge in [-0.3, -0.25) is 9.69 Å². The third-order valence-corrected chi connectivity index (χ3v) is 5.02. The Balaban J connectivity index is 1.71. The molecule has 1 aromatic rings. The van der Waals surface area contributed by atoms with E-state index < -0.39 is 0 Å². The number of piperidine rings is 1. The fraction of sp³-hybridized carbons (Fsp3) is 0.750. The zero-order valence-corrected chi connectivity index (χ0v) is 14.4. The lowest BCUT2D eigenvalue weighted by molar-refractivity contribution is -0.127. The first kappa shape index (κ1) is 17.4. The lowest BCUT2D eigenvalue weighted by Gasteiger charge is -2.31. The number of aryl methyl sites for hydroxylation is 1. The molecule has 0 bridgehead atoms. The Bertz CT molecular complexity index is 470. The van der Waals surface area contributed by atoms with Gasteiger partial charge in [-0.25, -0.2) is 4.98 Å². The van der Waals surface area contributed by atoms with Gasteiger partial charge in [0.05, 0.1) is 10.7 Å². The summed E-state index contributed by atoms with van der Waals surface area (Å²) in [5.41, 5.74) is 1.14. The molecule has 1 saturated heterocycles. The molecule has 2 N–H and O–H groups in total. The van der Waals surface area contributed by atoms with Gasteiger partial charge in [0, 0.05) is 30.5 Å². The summed E-state index contributed by atoms with van der Waals surface area (Å²) in [6, 6.07) is 0.149. The molecular weight excluding hydrogens is 298 g/mol. The minimum Gasteiger partial charge on any atom is -0.396 e. The summed E-state index contributed by atoms with van der Waals surface area (Å²) < 4.78 is 0. The van der Waals surface area contributed by atoms with Crippen molar-refractivity contribution in [3.63, 3.8) is 0 Å². The van der Waals surface area contributed by atoms with Gasteiger partial charge in [0.15, 0.2) is 0 Å². The standard InChI is InChI=1S/C16H27N3O2S/c1-12(4-3-9-20)17-16(21)14-5-7-19(8-6-14)10-15-11-22-13(2)18-15/h11-12,14,20H,3-10H2,1-2H3,(H,17,21). The Morgan fingerprint density at radius 1 is 1.55 bits per heavy atom. The number of aliphatic hydroxyl groups excluding tert-OH is 1. The summed E-state index contributed by atoms with van der Waals surface area (Å²) in [5.74, 6) is 0.305. The molecule has 1 aromatic heterocycles. The maximum Gasteiger partial charge on any atom is 0.223 e. The number of rotatable bonds is 7. The van der Waals surface area contributed by atoms with E-state index in [4.69, 9.17) is 5.11 Å². The summed E-state index contributed by atoms with van der Waals surface area (Å²) >= 11 is 1.69. The van der Waals surface area contributed by atoms with Crippen LogP contribution in [0.1, 0.15) is 43.3 Å². The van der Waals surface area contributed by atoms with Crippen LogP contribution < -0.4 is 5.32 Å². The van der Waals surface area contributed by atoms with Gasteiger partial charge in [-0.1, -0.05) is 0 Å². The van der Waals surface area contributed by atoms with Gasteiger partial charge < -0.3 is 10.4 Å². The van der Waals surface area contributed by atoms with E-state index in [2.05, 4.69) is 20.6 Å². The number of nitrogens with zero attached hydrogens (tertiary/aromatic N) is 2. The number of amides is 1. The third kappa shape index (κ3) is 5.34. The molecule has 1 aliphatic rings. The van der Waals surface area contributed by atoms with Crippen LogP contribution in [-0.2, 0) is 11.3 Å². The highest BCUT2D eigenvalue weighted by atomic mass is 32.1. The van der Waals surface area contributed by atoms with E-state index in [1.165, 1.54) is 0 Å². The van der Waals surface area contributed by atoms with Crippen LogP contribution in [0.5, 0.6) is 0 Å². The fourth-order valence-electron chi connectivity index (χ4n) is 2.89. The van der Waals surface area contributed by atoms with Crippen molar-refractivity contribution in [1.82, 2.24) is 15.2 Å². The van der Waals surface area contributed by atoms with Crippen LogP contribution in [0.15, 0.2) is 5.38 Å². The normalized spacial score (nSPS) is 18.3. The lowest BCUT2D eigenvalue weighted by Crippen LogP contribution is -2.43. The number of hydrogen-bond acceptors (Lipinski definition) is 5. The summed E-state index contributed by atoms with van der Waals surface area (Å²) in [4.78, 5) is 19.1. The SMILES string of the molecule is Cc1nc(CN2CCC(C(=O)NC(C)CCCO)CC2)cs1. The van der Waals surface area contributed by atoms with Crippen molar-refractivity contribution in [1.29, 1.82) is 0 Å². The first-order valence-corrected chi connectivity index (χ1v) is 9.01. The molecule has 0 radical (unpaired) electrons. The molecule has 1 atom stereocenters. The van der Waals surface area contributed by atoms with E-state index in [-0.39, 0.29) is 24.5 Å². The molecule has 1 fully saturated rings. The van der Waals surface area contributed by atoms with Gasteiger partial charge in [0.1, 0.15) is 0 Å². The van der Waals surface area contributed by atoms with Gasteiger partial charge >= 0.3 is 0 Å². The molecule has 124 valence electrons. The van der Waals surface area contributed by atoms with E-state index in [1.54, 1.807) is 11.3 Å². The second-order valence-electron chi connectivity index (χ2n) is 6.18. The Kier molecular flexibility index (Phi) is 6.79. The van der Waals surface area contributed by atoms with Gasteiger partial charge in [0.25, 0.3) is 0 Å². The maximum atomic E-state index is 12.2. The molecule has 2 rings (SSSR count). The third-order valence-electron chi connectivity index (χ3n) is 4.19. The van der Waals surface area contributed by atoms with Crippen molar-refractivity contribution in [2.75, 3.05) is 19.7 Å². The van der Waals surface area contributed by atoms with Gasteiger partial charge in [-0.05, 0) is 52.6 Å². The predicted molar refractivity (Wildman–Crippen MR) is 88.8 cm³/mol. The number of carbonyl (C=O) groups excluding carboxylic acids is 1. The molecule has 1 aliphatic heterocycles. The van der Waals surface area contributed by atoms with E-state index >= 15 is 0 Å². The lowest BCUT2D eigenvalue weighted by atomic mass is 9.95. The van der Waals surface area contributed by atoms with Gasteiger partial charge in [-0.2, -0.15) is 0 Å². The van der Waals surface area contributed by atoms with E-state index in [9.17, 15) is 4.79 Å². The summed E-state index contributed by atoms with van der Waals surface area (Å²) in [6.45, 7) is 7.04. The second kappa shape index (κ2) is 8.60. The van der Waals surface area contributed by atoms with E-state index in [0.29, 0.717) is 0 Å². The summed E-state index contributed by atoms with van der Waals surface area (Å²) in [6.07, 6.45) is 3.42. The molecule has 1 amide bonds. The number of nitrogens with one attached hydrogen (secondary N) is 1. The Labute approximate surface area is 136 Å². The molecule has 0 spiro atoms. The van der Waals surface area contributed by atoms with Crippen molar-refractivity contribution in [2.45, 2.75) is 52.1 Å². The smallest absolute Gasteiger partial charge is 0.223 e. The van der Waals surface area contributed by atoms with Crippen LogP contribution in [0.25, 0.3) is 0 Å². The average molecular weight is 325 g/mol. The van der Waals surface area contributed by atoms with Crippen molar-refractivity contribution < 1.29 is 9.90 Å². The molecule has 22 heavy (non-hydrogen) atoms. The van der Waals surface area contributed by atoms with Crippen LogP contribution in [0, 0.1) is 12.8 Å². The number of likely N-dealkylation sites (tertiary alicyclic amines) is 1. The van der Waals surface area contributed by atoms with Crippen molar-refractivity contribution in [3.05, 3.63) is 16.1 Å². The number of hydrogen-bond donors (Lipinski definition) is 2. The minimum absolute atomic E-state index is 0.130. The molecule has 6 heteroatoms. The molecule has 2 heterocycles. The first-order chi connectivity index (χ1) is 10.6. The Morgan fingerprint density at radius 3 is 2.86 bits per heavy atom. The Hall–Kier alpha value is -0.980. The van der Waals surface area contributed by atoms with Gasteiger partial charge in [0.2, 0.25) is 5.91 Å². The number of carbonyl (C=O) groups is 1. The molecule has 0 aromatic carbocycles. The number of aliphatic hydroxyl groups is 1. The number of thiazole rings is 1. The minimum atomic E-state index is 0.130. The van der Waals surface area contributed by atoms with E-state index in [1.807, 2.05) is 13.8 Å². The highest BCUT2D eigenvalue weighted by Crippen LogP contribution is 2.20. The quantitative estimate of drug-likeness (QED) is 0.804. The van der Waals surface area contributed by atoms with Crippen LogP contribution >= 0.6 is 11.3 Å². The average Bonchev–Trinajstić information content (AvgIpc) is 2.91. The van der Waals surface area contributed by atoms with Crippen LogP contribution in [0.4, 0.5) is 0 Å². The van der Waals surface area contributed by atoms with Crippen molar-refractivity contribution in [2.24, 2.45) is 5.92 Å². The maximum absolute atomic E-state index is 12.2. The molecule has 1 unspecified atom stereocenters. The largest absolute Gasteiger partial charge is 0.396 e.